The van der Waals surface area contributed by atoms with Crippen LogP contribution >= 0.6 is 0 Å². The van der Waals surface area contributed by atoms with E-state index < -0.39 is 0 Å². The van der Waals surface area contributed by atoms with Crippen molar-refractivity contribution in [1.29, 1.82) is 0 Å². The van der Waals surface area contributed by atoms with Crippen LogP contribution in [0.15, 0.2) is 33.6 Å². The predicted molar refractivity (Wildman–Crippen MR) is 67.0 cm³/mol. The van der Waals surface area contributed by atoms with Crippen molar-refractivity contribution in [3.05, 3.63) is 41.7 Å². The van der Waals surface area contributed by atoms with Crippen LogP contribution in [0.1, 0.15) is 42.3 Å². The third-order valence-electron chi connectivity index (χ3n) is 3.57. The molecule has 0 saturated carbocycles. The number of nitrogens with zero attached hydrogens (tertiary/aromatic N) is 2. The van der Waals surface area contributed by atoms with Gasteiger partial charge in [0.25, 0.3) is 0 Å². The minimum Gasteiger partial charge on any atom is -0.472 e. The van der Waals surface area contributed by atoms with Crippen LogP contribution in [0.3, 0.4) is 0 Å². The van der Waals surface area contributed by atoms with Crippen LogP contribution in [0.5, 0.6) is 0 Å². The van der Waals surface area contributed by atoms with Gasteiger partial charge >= 0.3 is 0 Å². The Labute approximate surface area is 107 Å². The minimum absolute atomic E-state index is 0.381. The molecule has 0 radical (unpaired) electrons. The van der Waals surface area contributed by atoms with Crippen LogP contribution < -0.4 is 0 Å². The maximum absolute atomic E-state index is 5.21. The first kappa shape index (κ1) is 11.5. The summed E-state index contributed by atoms with van der Waals surface area (Å²) in [4.78, 5) is 2.46. The summed E-state index contributed by atoms with van der Waals surface area (Å²) >= 11 is 0. The first-order valence-electron chi connectivity index (χ1n) is 6.51. The lowest BCUT2D eigenvalue weighted by Gasteiger charge is -2.34. The van der Waals surface area contributed by atoms with Gasteiger partial charge in [0.1, 0.15) is 11.5 Å². The minimum atomic E-state index is 0.381. The Bertz CT molecular complexity index is 490. The number of hydrogen-bond donors (Lipinski definition) is 0. The first-order chi connectivity index (χ1) is 8.83. The first-order valence-corrected chi connectivity index (χ1v) is 6.51. The average Bonchev–Trinajstić information content (AvgIpc) is 3.02. The number of furan rings is 1. The molecule has 1 aliphatic rings. The lowest BCUT2D eigenvalue weighted by molar-refractivity contribution is 0.133. The quantitative estimate of drug-likeness (QED) is 0.833. The van der Waals surface area contributed by atoms with Gasteiger partial charge in [-0.2, -0.15) is 0 Å². The number of aryl methyl sites for hydroxylation is 1. The van der Waals surface area contributed by atoms with Gasteiger partial charge in [-0.05, 0) is 32.4 Å². The van der Waals surface area contributed by atoms with Crippen molar-refractivity contribution in [1.82, 2.24) is 10.1 Å². The van der Waals surface area contributed by atoms with Crippen LogP contribution in [-0.2, 0) is 6.54 Å². The van der Waals surface area contributed by atoms with E-state index in [0.717, 1.165) is 31.0 Å². The summed E-state index contributed by atoms with van der Waals surface area (Å²) in [6.45, 7) is 3.98. The Morgan fingerprint density at radius 2 is 2.39 bits per heavy atom. The van der Waals surface area contributed by atoms with Gasteiger partial charge in [-0.3, -0.25) is 4.90 Å². The number of hydrogen-bond acceptors (Lipinski definition) is 4. The maximum Gasteiger partial charge on any atom is 0.133 e. The third-order valence-corrected chi connectivity index (χ3v) is 3.57. The summed E-state index contributed by atoms with van der Waals surface area (Å²) in [5.41, 5.74) is 2.29. The second-order valence-electron chi connectivity index (χ2n) is 4.98. The third kappa shape index (κ3) is 2.34. The molecular weight excluding hydrogens is 228 g/mol. The number of rotatable bonds is 3. The van der Waals surface area contributed by atoms with Crippen molar-refractivity contribution in [2.45, 2.75) is 38.8 Å². The summed E-state index contributed by atoms with van der Waals surface area (Å²) < 4.78 is 10.3. The van der Waals surface area contributed by atoms with Crippen molar-refractivity contribution in [2.24, 2.45) is 0 Å². The standard InChI is InChI=1S/C14H18N2O2/c1-11-8-13(15-18-11)14-4-2-3-6-16(14)9-12-5-7-17-10-12/h5,7-8,10,14H,2-4,6,9H2,1H3/t14-/m0/s1. The smallest absolute Gasteiger partial charge is 0.133 e. The van der Waals surface area contributed by atoms with E-state index in [0.29, 0.717) is 6.04 Å². The van der Waals surface area contributed by atoms with Gasteiger partial charge in [0.2, 0.25) is 0 Å². The summed E-state index contributed by atoms with van der Waals surface area (Å²) in [6, 6.07) is 4.46. The van der Waals surface area contributed by atoms with Crippen molar-refractivity contribution in [3.8, 4) is 0 Å². The van der Waals surface area contributed by atoms with Crippen LogP contribution in [0, 0.1) is 6.92 Å². The number of likely N-dealkylation sites (tertiary alicyclic amines) is 1. The average molecular weight is 246 g/mol. The largest absolute Gasteiger partial charge is 0.472 e. The van der Waals surface area contributed by atoms with Gasteiger partial charge in [0.15, 0.2) is 0 Å². The molecule has 0 spiro atoms. The highest BCUT2D eigenvalue weighted by Crippen LogP contribution is 2.31. The van der Waals surface area contributed by atoms with Crippen LogP contribution in [0.2, 0.25) is 0 Å². The molecule has 0 aliphatic carbocycles. The van der Waals surface area contributed by atoms with E-state index in [1.54, 1.807) is 6.26 Å². The molecule has 3 rings (SSSR count). The highest BCUT2D eigenvalue weighted by atomic mass is 16.5. The van der Waals surface area contributed by atoms with Crippen molar-refractivity contribution < 1.29 is 8.94 Å². The van der Waals surface area contributed by atoms with E-state index >= 15 is 0 Å². The van der Waals surface area contributed by atoms with E-state index in [4.69, 9.17) is 8.94 Å². The second-order valence-corrected chi connectivity index (χ2v) is 4.98. The summed E-state index contributed by atoms with van der Waals surface area (Å²) in [5.74, 6) is 0.888. The molecule has 18 heavy (non-hydrogen) atoms. The van der Waals surface area contributed by atoms with Gasteiger partial charge in [0.05, 0.1) is 18.6 Å². The fourth-order valence-corrected chi connectivity index (χ4v) is 2.68. The molecular formula is C14H18N2O2. The van der Waals surface area contributed by atoms with Gasteiger partial charge in [-0.1, -0.05) is 11.6 Å². The second kappa shape index (κ2) is 4.98. The Morgan fingerprint density at radius 3 is 3.11 bits per heavy atom. The fraction of sp³-hybridized carbons (Fsp3) is 0.500. The van der Waals surface area contributed by atoms with Gasteiger partial charge in [-0.25, -0.2) is 0 Å². The van der Waals surface area contributed by atoms with E-state index in [1.807, 2.05) is 19.3 Å². The number of piperidine rings is 1. The molecule has 2 aromatic rings. The fourth-order valence-electron chi connectivity index (χ4n) is 2.68. The molecule has 96 valence electrons. The molecule has 3 heterocycles. The number of aromatic nitrogens is 1. The van der Waals surface area contributed by atoms with Crippen molar-refractivity contribution >= 4 is 0 Å². The normalized spacial score (nSPS) is 21.3. The lowest BCUT2D eigenvalue weighted by atomic mass is 9.98. The van der Waals surface area contributed by atoms with E-state index in [2.05, 4.69) is 16.1 Å². The molecule has 0 amide bonds. The topological polar surface area (TPSA) is 42.4 Å². The van der Waals surface area contributed by atoms with E-state index in [9.17, 15) is 0 Å². The molecule has 4 heteroatoms. The Morgan fingerprint density at radius 1 is 1.44 bits per heavy atom. The predicted octanol–water partition coefficient (Wildman–Crippen LogP) is 3.30. The van der Waals surface area contributed by atoms with Crippen LogP contribution in [-0.4, -0.2) is 16.6 Å². The Hall–Kier alpha value is -1.55. The summed E-state index contributed by atoms with van der Waals surface area (Å²) in [5, 5.41) is 4.18. The van der Waals surface area contributed by atoms with Gasteiger partial charge in [0, 0.05) is 18.2 Å². The zero-order valence-corrected chi connectivity index (χ0v) is 10.6. The monoisotopic (exact) mass is 246 g/mol. The molecule has 1 aliphatic heterocycles. The highest BCUT2D eigenvalue weighted by molar-refractivity contribution is 5.12. The zero-order chi connectivity index (χ0) is 12.4. The SMILES string of the molecule is Cc1cc([C@@H]2CCCCN2Cc2ccoc2)no1. The van der Waals surface area contributed by atoms with Crippen LogP contribution in [0.4, 0.5) is 0 Å². The molecule has 4 nitrogen and oxygen atoms in total. The van der Waals surface area contributed by atoms with Gasteiger partial charge < -0.3 is 8.94 Å². The Balaban J connectivity index is 1.77. The van der Waals surface area contributed by atoms with E-state index in [-0.39, 0.29) is 0 Å². The summed E-state index contributed by atoms with van der Waals surface area (Å²) in [7, 11) is 0. The summed E-state index contributed by atoms with van der Waals surface area (Å²) in [6.07, 6.45) is 7.22. The molecule has 1 fully saturated rings. The molecule has 0 aromatic carbocycles. The molecule has 2 aromatic heterocycles. The van der Waals surface area contributed by atoms with Gasteiger partial charge in [-0.15, -0.1) is 0 Å². The molecule has 1 atom stereocenters. The molecule has 0 N–H and O–H groups in total. The Kier molecular flexibility index (Phi) is 3.19. The highest BCUT2D eigenvalue weighted by Gasteiger charge is 2.26. The molecule has 0 unspecified atom stereocenters. The maximum atomic E-state index is 5.21. The van der Waals surface area contributed by atoms with Crippen LogP contribution in [0.25, 0.3) is 0 Å². The molecule has 0 bridgehead atoms. The van der Waals surface area contributed by atoms with Crippen molar-refractivity contribution in [3.63, 3.8) is 0 Å². The van der Waals surface area contributed by atoms with E-state index in [1.165, 1.54) is 18.4 Å². The van der Waals surface area contributed by atoms with Crippen molar-refractivity contribution in [2.75, 3.05) is 6.54 Å². The lowest BCUT2D eigenvalue weighted by Crippen LogP contribution is -2.33. The molecule has 1 saturated heterocycles. The zero-order valence-electron chi connectivity index (χ0n) is 10.6.